The lowest BCUT2D eigenvalue weighted by molar-refractivity contribution is -0.114. The van der Waals surface area contributed by atoms with Crippen LogP contribution < -0.4 is 9.62 Å². The first-order valence-corrected chi connectivity index (χ1v) is 11.8. The smallest absolute Gasteiger partial charge is 0.221 e. The van der Waals surface area contributed by atoms with Crippen molar-refractivity contribution in [3.63, 3.8) is 0 Å². The summed E-state index contributed by atoms with van der Waals surface area (Å²) in [6, 6.07) is 14.5. The van der Waals surface area contributed by atoms with Gasteiger partial charge >= 0.3 is 0 Å². The highest BCUT2D eigenvalue weighted by Gasteiger charge is 2.26. The van der Waals surface area contributed by atoms with Crippen molar-refractivity contribution in [3.8, 4) is 0 Å². The molecule has 4 rings (SSSR count). The van der Waals surface area contributed by atoms with Crippen LogP contribution in [0.3, 0.4) is 0 Å². The lowest BCUT2D eigenvalue weighted by atomic mass is 9.85. The Balaban J connectivity index is 1.57. The number of rotatable bonds is 6. The summed E-state index contributed by atoms with van der Waals surface area (Å²) in [7, 11) is 2.07. The highest BCUT2D eigenvalue weighted by atomic mass is 32.2. The molecule has 0 bridgehead atoms. The van der Waals surface area contributed by atoms with E-state index in [0.717, 1.165) is 34.2 Å². The lowest BCUT2D eigenvalue weighted by Crippen LogP contribution is -2.24. The van der Waals surface area contributed by atoms with E-state index in [9.17, 15) is 4.79 Å². The molecule has 1 heterocycles. The maximum absolute atomic E-state index is 11.2. The van der Waals surface area contributed by atoms with Gasteiger partial charge in [0.15, 0.2) is 0 Å². The predicted molar refractivity (Wildman–Crippen MR) is 131 cm³/mol. The third-order valence-electron chi connectivity index (χ3n) is 5.85. The normalized spacial score (nSPS) is 14.5. The number of nitrogens with zero attached hydrogens (tertiary/aromatic N) is 3. The second-order valence-corrected chi connectivity index (χ2v) is 10.8. The molecule has 0 radical (unpaired) electrons. The van der Waals surface area contributed by atoms with Crippen LogP contribution in [0.1, 0.15) is 52.8 Å². The monoisotopic (exact) mass is 436 g/mol. The van der Waals surface area contributed by atoms with E-state index >= 15 is 0 Å². The fourth-order valence-electron chi connectivity index (χ4n) is 4.02. The van der Waals surface area contributed by atoms with Gasteiger partial charge in [-0.1, -0.05) is 27.2 Å². The molecule has 1 amide bonds. The van der Waals surface area contributed by atoms with E-state index < -0.39 is 0 Å². The first kappa shape index (κ1) is 21.8. The van der Waals surface area contributed by atoms with Gasteiger partial charge in [-0.25, -0.2) is 4.98 Å². The molecule has 0 unspecified atom stereocenters. The van der Waals surface area contributed by atoms with Gasteiger partial charge in [0.25, 0.3) is 0 Å². The zero-order valence-corrected chi connectivity index (χ0v) is 19.9. The molecule has 1 aromatic heterocycles. The van der Waals surface area contributed by atoms with Crippen LogP contribution in [0.2, 0.25) is 0 Å². The average Bonchev–Trinajstić information content (AvgIpc) is 3.04. The second kappa shape index (κ2) is 8.58. The summed E-state index contributed by atoms with van der Waals surface area (Å²) in [4.78, 5) is 17.4. The van der Waals surface area contributed by atoms with Crippen LogP contribution in [0.5, 0.6) is 0 Å². The van der Waals surface area contributed by atoms with Crippen LogP contribution in [0, 0.1) is 5.92 Å². The first-order chi connectivity index (χ1) is 14.7. The van der Waals surface area contributed by atoms with Crippen molar-refractivity contribution in [2.24, 2.45) is 5.92 Å². The summed E-state index contributed by atoms with van der Waals surface area (Å²) in [6.45, 7) is 9.34. The third kappa shape index (κ3) is 4.90. The van der Waals surface area contributed by atoms with E-state index in [-0.39, 0.29) is 11.3 Å². The van der Waals surface area contributed by atoms with Gasteiger partial charge in [0.2, 0.25) is 5.91 Å². The fourth-order valence-corrected chi connectivity index (χ4v) is 4.81. The Morgan fingerprint density at radius 3 is 2.48 bits per heavy atom. The maximum atomic E-state index is 11.2. The lowest BCUT2D eigenvalue weighted by Gasteiger charge is -2.29. The Kier molecular flexibility index (Phi) is 6.02. The third-order valence-corrected chi connectivity index (χ3v) is 6.82. The van der Waals surface area contributed by atoms with Crippen molar-refractivity contribution in [3.05, 3.63) is 48.3 Å². The van der Waals surface area contributed by atoms with Crippen molar-refractivity contribution in [2.45, 2.75) is 63.8 Å². The molecular weight excluding hydrogens is 404 g/mol. The van der Waals surface area contributed by atoms with Crippen molar-refractivity contribution in [1.29, 1.82) is 0 Å². The molecule has 164 valence electrons. The minimum absolute atomic E-state index is 0.0131. The van der Waals surface area contributed by atoms with Gasteiger partial charge < -0.3 is 14.2 Å². The number of aromatic nitrogens is 2. The predicted octanol–water partition coefficient (Wildman–Crippen LogP) is 6.24. The number of hydrogen-bond donors (Lipinski definition) is 1. The average molecular weight is 437 g/mol. The van der Waals surface area contributed by atoms with Crippen LogP contribution in [-0.2, 0) is 16.8 Å². The SMILES string of the molecule is CC(=O)Nc1ccc(SN(C)c2ccc3c(c2)nc(C(C)(C)C)n3CC2CCC2)cc1. The highest BCUT2D eigenvalue weighted by molar-refractivity contribution is 8.00. The number of fused-ring (bicyclic) bond motifs is 1. The molecule has 0 spiro atoms. The van der Waals surface area contributed by atoms with Crippen LogP contribution in [0.25, 0.3) is 11.0 Å². The number of imidazole rings is 1. The minimum atomic E-state index is -0.0582. The molecule has 31 heavy (non-hydrogen) atoms. The van der Waals surface area contributed by atoms with Crippen LogP contribution >= 0.6 is 11.9 Å². The Bertz CT molecular complexity index is 1080. The van der Waals surface area contributed by atoms with E-state index in [1.807, 2.05) is 24.3 Å². The fraction of sp³-hybridized carbons (Fsp3) is 0.440. The number of amides is 1. The standard InChI is InChI=1S/C25H32N4OS/c1-17(30)26-19-9-12-21(13-10-19)31-28(5)20-11-14-23-22(15-20)27-24(25(2,3)4)29(23)16-18-7-6-8-18/h9-15,18H,6-8,16H2,1-5H3,(H,26,30). The van der Waals surface area contributed by atoms with Crippen LogP contribution in [0.4, 0.5) is 11.4 Å². The van der Waals surface area contributed by atoms with Gasteiger partial charge in [-0.3, -0.25) is 4.79 Å². The molecule has 1 aliphatic carbocycles. The molecule has 1 N–H and O–H groups in total. The Labute approximate surface area is 189 Å². The summed E-state index contributed by atoms with van der Waals surface area (Å²) in [5, 5.41) is 2.81. The number of benzene rings is 2. The zero-order chi connectivity index (χ0) is 22.2. The summed E-state index contributed by atoms with van der Waals surface area (Å²) < 4.78 is 4.62. The number of nitrogens with one attached hydrogen (secondary N) is 1. The van der Waals surface area contributed by atoms with Gasteiger partial charge in [-0.2, -0.15) is 0 Å². The number of carbonyl (C=O) groups excluding carboxylic acids is 1. The number of carbonyl (C=O) groups is 1. The topological polar surface area (TPSA) is 50.2 Å². The van der Waals surface area contributed by atoms with Gasteiger partial charge in [-0.05, 0) is 73.2 Å². The van der Waals surface area contributed by atoms with Gasteiger partial charge in [0, 0.05) is 42.2 Å². The van der Waals surface area contributed by atoms with Crippen molar-refractivity contribution >= 4 is 40.3 Å². The molecule has 0 saturated heterocycles. The quantitative estimate of drug-likeness (QED) is 0.465. The van der Waals surface area contributed by atoms with Crippen LogP contribution in [-0.4, -0.2) is 22.5 Å². The van der Waals surface area contributed by atoms with E-state index in [1.165, 1.54) is 37.5 Å². The van der Waals surface area contributed by atoms with E-state index in [4.69, 9.17) is 4.98 Å². The van der Waals surface area contributed by atoms with E-state index in [2.05, 4.69) is 60.2 Å². The van der Waals surface area contributed by atoms with E-state index in [0.29, 0.717) is 0 Å². The van der Waals surface area contributed by atoms with Gasteiger partial charge in [0.05, 0.1) is 11.0 Å². The maximum Gasteiger partial charge on any atom is 0.221 e. The largest absolute Gasteiger partial charge is 0.327 e. The second-order valence-electron chi connectivity index (χ2n) is 9.56. The molecule has 1 saturated carbocycles. The van der Waals surface area contributed by atoms with Crippen LogP contribution in [0.15, 0.2) is 47.4 Å². The van der Waals surface area contributed by atoms with Gasteiger partial charge in [0.1, 0.15) is 5.82 Å². The molecule has 1 fully saturated rings. The Hall–Kier alpha value is -2.47. The molecule has 3 aromatic rings. The molecule has 0 aliphatic heterocycles. The van der Waals surface area contributed by atoms with Crippen molar-refractivity contribution in [2.75, 3.05) is 16.7 Å². The van der Waals surface area contributed by atoms with E-state index in [1.54, 1.807) is 11.9 Å². The van der Waals surface area contributed by atoms with Crippen molar-refractivity contribution < 1.29 is 4.79 Å². The number of hydrogen-bond acceptors (Lipinski definition) is 4. The molecule has 2 aromatic carbocycles. The zero-order valence-electron chi connectivity index (χ0n) is 19.1. The highest BCUT2D eigenvalue weighted by Crippen LogP contribution is 2.35. The summed E-state index contributed by atoms with van der Waals surface area (Å²) in [5.74, 6) is 1.91. The summed E-state index contributed by atoms with van der Waals surface area (Å²) in [5.41, 5.74) is 4.25. The minimum Gasteiger partial charge on any atom is -0.327 e. The summed E-state index contributed by atoms with van der Waals surface area (Å²) >= 11 is 1.66. The van der Waals surface area contributed by atoms with Crippen molar-refractivity contribution in [1.82, 2.24) is 9.55 Å². The Morgan fingerprint density at radius 1 is 1.19 bits per heavy atom. The number of anilines is 2. The molecule has 6 heteroatoms. The Morgan fingerprint density at radius 2 is 1.90 bits per heavy atom. The molecule has 5 nitrogen and oxygen atoms in total. The molecule has 1 aliphatic rings. The van der Waals surface area contributed by atoms with Gasteiger partial charge in [-0.15, -0.1) is 0 Å². The first-order valence-electron chi connectivity index (χ1n) is 11.0. The molecule has 0 atom stereocenters. The molecular formula is C25H32N4OS. The summed E-state index contributed by atoms with van der Waals surface area (Å²) in [6.07, 6.45) is 4.03.